The minimum absolute atomic E-state index is 0.642. The molecule has 0 aromatic heterocycles. The lowest BCUT2D eigenvalue weighted by Crippen LogP contribution is -2.50. The topological polar surface area (TPSA) is 32.5 Å². The molecule has 2 N–H and O–H groups in total. The maximum Gasteiger partial charge on any atom is 0.0566 e. The molecule has 0 bridgehead atoms. The molecule has 2 rings (SSSR count). The molecule has 0 aliphatic carbocycles. The number of nitrogens with zero attached hydrogens (tertiary/aromatic N) is 2. The van der Waals surface area contributed by atoms with Crippen molar-refractivity contribution in [3.05, 3.63) is 12.4 Å². The monoisotopic (exact) mass is 171 g/mol. The van der Waals surface area contributed by atoms with Crippen molar-refractivity contribution in [2.24, 2.45) is 5.84 Å². The predicted octanol–water partition coefficient (Wildman–Crippen LogP) is 0.0643. The van der Waals surface area contributed by atoms with Crippen LogP contribution in [0.15, 0.2) is 12.4 Å². The molecule has 0 saturated carbocycles. The third-order valence-electron chi connectivity index (χ3n) is 2.14. The number of nitrogens with two attached hydrogens (primary N) is 1. The maximum absolute atomic E-state index is 5.65. The molecule has 1 unspecified atom stereocenters. The Morgan fingerprint density at radius 3 is 3.27 bits per heavy atom. The molecule has 0 radical (unpaired) electrons. The summed E-state index contributed by atoms with van der Waals surface area (Å²) in [6.45, 7) is 2.16. The van der Waals surface area contributed by atoms with Gasteiger partial charge >= 0.3 is 0 Å². The molecular weight excluding hydrogens is 158 g/mol. The summed E-state index contributed by atoms with van der Waals surface area (Å²) in [5.74, 6) is 8.13. The van der Waals surface area contributed by atoms with E-state index in [2.05, 4.69) is 11.1 Å². The van der Waals surface area contributed by atoms with E-state index in [1.807, 2.05) is 18.0 Å². The van der Waals surface area contributed by atoms with Gasteiger partial charge in [0.25, 0.3) is 0 Å². The van der Waals surface area contributed by atoms with E-state index in [4.69, 9.17) is 5.84 Å². The Hall–Kier alpha value is -0.350. The van der Waals surface area contributed by atoms with Crippen molar-refractivity contribution in [3.8, 4) is 0 Å². The van der Waals surface area contributed by atoms with E-state index in [1.54, 1.807) is 5.01 Å². The Kier molecular flexibility index (Phi) is 1.96. The Morgan fingerprint density at radius 1 is 1.45 bits per heavy atom. The molecule has 1 saturated heterocycles. The van der Waals surface area contributed by atoms with E-state index in [0.29, 0.717) is 6.04 Å². The van der Waals surface area contributed by atoms with Crippen LogP contribution < -0.4 is 5.84 Å². The van der Waals surface area contributed by atoms with Crippen LogP contribution >= 0.6 is 11.8 Å². The smallest absolute Gasteiger partial charge is 0.0566 e. The van der Waals surface area contributed by atoms with Gasteiger partial charge in [0.15, 0.2) is 0 Å². The van der Waals surface area contributed by atoms with Crippen LogP contribution in [0.4, 0.5) is 0 Å². The summed E-state index contributed by atoms with van der Waals surface area (Å²) in [7, 11) is 0. The van der Waals surface area contributed by atoms with Crippen molar-refractivity contribution in [1.82, 2.24) is 9.91 Å². The fourth-order valence-electron chi connectivity index (χ4n) is 1.50. The van der Waals surface area contributed by atoms with Gasteiger partial charge < -0.3 is 9.91 Å². The molecule has 0 spiro atoms. The summed E-state index contributed by atoms with van der Waals surface area (Å²) in [6.07, 6.45) is 4.06. The summed E-state index contributed by atoms with van der Waals surface area (Å²) < 4.78 is 0. The summed E-state index contributed by atoms with van der Waals surface area (Å²) in [6, 6.07) is 0.642. The molecule has 0 aromatic carbocycles. The van der Waals surface area contributed by atoms with E-state index in [-0.39, 0.29) is 0 Å². The molecule has 2 aliphatic heterocycles. The Morgan fingerprint density at radius 2 is 2.36 bits per heavy atom. The highest BCUT2D eigenvalue weighted by molar-refractivity contribution is 7.99. The van der Waals surface area contributed by atoms with Gasteiger partial charge in [-0.1, -0.05) is 0 Å². The van der Waals surface area contributed by atoms with E-state index in [9.17, 15) is 0 Å². The standard InChI is InChI=1S/C7H13N3S/c8-10-2-1-9-3-4-11-6-7(9)5-10/h1-2,7H,3-6,8H2. The first-order chi connectivity index (χ1) is 5.36. The normalized spacial score (nSPS) is 30.5. The van der Waals surface area contributed by atoms with E-state index >= 15 is 0 Å². The van der Waals surface area contributed by atoms with Gasteiger partial charge in [0, 0.05) is 30.5 Å². The highest BCUT2D eigenvalue weighted by Crippen LogP contribution is 2.19. The van der Waals surface area contributed by atoms with Crippen molar-refractivity contribution in [1.29, 1.82) is 0 Å². The molecule has 2 heterocycles. The van der Waals surface area contributed by atoms with E-state index in [0.717, 1.165) is 6.54 Å². The van der Waals surface area contributed by atoms with Crippen molar-refractivity contribution < 1.29 is 0 Å². The molecule has 0 aromatic rings. The fourth-order valence-corrected chi connectivity index (χ4v) is 2.57. The van der Waals surface area contributed by atoms with E-state index < -0.39 is 0 Å². The lowest BCUT2D eigenvalue weighted by atomic mass is 10.2. The minimum Gasteiger partial charge on any atom is -0.370 e. The van der Waals surface area contributed by atoms with Gasteiger partial charge in [-0.2, -0.15) is 11.8 Å². The number of fused-ring (bicyclic) bond motifs is 1. The summed E-state index contributed by atoms with van der Waals surface area (Å²) >= 11 is 2.02. The van der Waals surface area contributed by atoms with Crippen LogP contribution in [-0.4, -0.2) is 40.5 Å². The van der Waals surface area contributed by atoms with Gasteiger partial charge in [-0.25, -0.2) is 5.84 Å². The van der Waals surface area contributed by atoms with Crippen molar-refractivity contribution in [2.45, 2.75) is 6.04 Å². The highest BCUT2D eigenvalue weighted by atomic mass is 32.2. The predicted molar refractivity (Wildman–Crippen MR) is 47.9 cm³/mol. The Labute approximate surface area is 71.2 Å². The van der Waals surface area contributed by atoms with Gasteiger partial charge in [0.1, 0.15) is 0 Å². The largest absolute Gasteiger partial charge is 0.370 e. The molecule has 3 nitrogen and oxygen atoms in total. The molecular formula is C7H13N3S. The van der Waals surface area contributed by atoms with Gasteiger partial charge in [-0.15, -0.1) is 0 Å². The fraction of sp³-hybridized carbons (Fsp3) is 0.714. The van der Waals surface area contributed by atoms with Gasteiger partial charge in [0.05, 0.1) is 12.6 Å². The molecule has 1 fully saturated rings. The number of rotatable bonds is 0. The van der Waals surface area contributed by atoms with Crippen LogP contribution in [0.5, 0.6) is 0 Å². The van der Waals surface area contributed by atoms with Gasteiger partial charge in [-0.05, 0) is 0 Å². The number of thioether (sulfide) groups is 1. The van der Waals surface area contributed by atoms with Crippen molar-refractivity contribution in [3.63, 3.8) is 0 Å². The second kappa shape index (κ2) is 2.95. The Balaban J connectivity index is 2.05. The second-order valence-corrected chi connectivity index (χ2v) is 4.11. The van der Waals surface area contributed by atoms with Crippen molar-refractivity contribution in [2.75, 3.05) is 24.6 Å². The van der Waals surface area contributed by atoms with Crippen molar-refractivity contribution >= 4 is 11.8 Å². The zero-order chi connectivity index (χ0) is 7.68. The number of hydrazine groups is 1. The summed E-state index contributed by atoms with van der Waals surface area (Å²) in [5, 5.41) is 1.77. The quantitative estimate of drug-likeness (QED) is 0.523. The van der Waals surface area contributed by atoms with Gasteiger partial charge in [-0.3, -0.25) is 0 Å². The zero-order valence-electron chi connectivity index (χ0n) is 6.44. The zero-order valence-corrected chi connectivity index (χ0v) is 7.26. The number of hydrogen-bond donors (Lipinski definition) is 1. The van der Waals surface area contributed by atoms with E-state index in [1.165, 1.54) is 18.1 Å². The van der Waals surface area contributed by atoms with Crippen LogP contribution in [0, 0.1) is 0 Å². The molecule has 0 amide bonds. The molecule has 11 heavy (non-hydrogen) atoms. The molecule has 1 atom stereocenters. The second-order valence-electron chi connectivity index (χ2n) is 2.96. The molecule has 62 valence electrons. The average Bonchev–Trinajstić information content (AvgIpc) is 2.04. The van der Waals surface area contributed by atoms with Crippen LogP contribution in [0.25, 0.3) is 0 Å². The van der Waals surface area contributed by atoms with Crippen LogP contribution in [0.2, 0.25) is 0 Å². The first-order valence-electron chi connectivity index (χ1n) is 3.89. The minimum atomic E-state index is 0.642. The summed E-state index contributed by atoms with van der Waals surface area (Å²) in [4.78, 5) is 2.39. The number of hydrogen-bond acceptors (Lipinski definition) is 4. The van der Waals surface area contributed by atoms with Gasteiger partial charge in [0.2, 0.25) is 0 Å². The lowest BCUT2D eigenvalue weighted by Gasteiger charge is -2.39. The molecule has 4 heteroatoms. The average molecular weight is 171 g/mol. The first-order valence-corrected chi connectivity index (χ1v) is 5.05. The lowest BCUT2D eigenvalue weighted by molar-refractivity contribution is 0.205. The maximum atomic E-state index is 5.65. The van der Waals surface area contributed by atoms with Crippen LogP contribution in [0.1, 0.15) is 0 Å². The first kappa shape index (κ1) is 7.31. The van der Waals surface area contributed by atoms with Crippen LogP contribution in [-0.2, 0) is 0 Å². The highest BCUT2D eigenvalue weighted by Gasteiger charge is 2.23. The molecule has 2 aliphatic rings. The Bertz CT molecular complexity index is 171. The third kappa shape index (κ3) is 1.46. The summed E-state index contributed by atoms with van der Waals surface area (Å²) in [5.41, 5.74) is 0. The SMILES string of the molecule is NN1C=CN2CCSCC2C1. The van der Waals surface area contributed by atoms with Crippen LogP contribution in [0.3, 0.4) is 0 Å². The third-order valence-corrected chi connectivity index (χ3v) is 3.24.